The Morgan fingerprint density at radius 1 is 1.35 bits per heavy atom. The molecule has 1 unspecified atom stereocenters. The van der Waals surface area contributed by atoms with Crippen molar-refractivity contribution < 1.29 is 9.84 Å². The molecular weight excluding hydrogens is 282 g/mol. The predicted octanol–water partition coefficient (Wildman–Crippen LogP) is 3.21. The van der Waals surface area contributed by atoms with E-state index in [2.05, 4.69) is 20.9 Å². The van der Waals surface area contributed by atoms with E-state index in [1.54, 1.807) is 6.07 Å². The Morgan fingerprint density at radius 2 is 2.24 bits per heavy atom. The van der Waals surface area contributed by atoms with Gasteiger partial charge in [0.2, 0.25) is 0 Å². The Bertz CT molecular complexity index is 565. The summed E-state index contributed by atoms with van der Waals surface area (Å²) in [7, 11) is 0. The number of aromatic hydroxyl groups is 1. The molecule has 2 heterocycles. The zero-order valence-electron chi connectivity index (χ0n) is 9.19. The lowest BCUT2D eigenvalue weighted by Crippen LogP contribution is -2.01. The molecule has 1 saturated heterocycles. The van der Waals surface area contributed by atoms with Crippen LogP contribution in [-0.4, -0.2) is 23.3 Å². The van der Waals surface area contributed by atoms with Crippen LogP contribution in [0.15, 0.2) is 28.7 Å². The molecule has 1 aliphatic rings. The zero-order valence-corrected chi connectivity index (χ0v) is 10.8. The number of benzene rings is 1. The van der Waals surface area contributed by atoms with Gasteiger partial charge in [-0.3, -0.25) is 0 Å². The standard InChI is InChI=1S/C13H12BrNO2/c14-10-2-1-8-5-12(16)13(15-11(8)6-10)9-3-4-17-7-9/h1-2,5-6,9,16H,3-4,7H2. The first kappa shape index (κ1) is 11.0. The predicted molar refractivity (Wildman–Crippen MR) is 69.3 cm³/mol. The van der Waals surface area contributed by atoms with Crippen LogP contribution in [0.2, 0.25) is 0 Å². The van der Waals surface area contributed by atoms with E-state index in [-0.39, 0.29) is 11.7 Å². The molecule has 0 amide bonds. The molecule has 3 rings (SSSR count). The number of aromatic nitrogens is 1. The molecule has 1 aliphatic heterocycles. The average Bonchev–Trinajstić information content (AvgIpc) is 2.82. The summed E-state index contributed by atoms with van der Waals surface area (Å²) >= 11 is 3.43. The van der Waals surface area contributed by atoms with Gasteiger partial charge in [0, 0.05) is 22.4 Å². The van der Waals surface area contributed by atoms with Crippen LogP contribution < -0.4 is 0 Å². The molecule has 2 aromatic rings. The number of pyridine rings is 1. The van der Waals surface area contributed by atoms with E-state index in [1.165, 1.54) is 0 Å². The summed E-state index contributed by atoms with van der Waals surface area (Å²) in [5.41, 5.74) is 1.66. The molecule has 17 heavy (non-hydrogen) atoms. The maximum absolute atomic E-state index is 10.0. The van der Waals surface area contributed by atoms with Gasteiger partial charge in [0.25, 0.3) is 0 Å². The maximum Gasteiger partial charge on any atom is 0.138 e. The number of nitrogens with zero attached hydrogens (tertiary/aromatic N) is 1. The highest BCUT2D eigenvalue weighted by atomic mass is 79.9. The van der Waals surface area contributed by atoms with E-state index in [9.17, 15) is 5.11 Å². The summed E-state index contributed by atoms with van der Waals surface area (Å²) in [6, 6.07) is 7.64. The minimum absolute atomic E-state index is 0.221. The molecule has 0 bridgehead atoms. The van der Waals surface area contributed by atoms with Crippen LogP contribution in [0.1, 0.15) is 18.0 Å². The molecule has 88 valence electrons. The van der Waals surface area contributed by atoms with E-state index in [4.69, 9.17) is 4.74 Å². The fourth-order valence-corrected chi connectivity index (χ4v) is 2.54. The Balaban J connectivity index is 2.14. The van der Waals surface area contributed by atoms with Crippen molar-refractivity contribution in [3.05, 3.63) is 34.4 Å². The zero-order chi connectivity index (χ0) is 11.8. The van der Waals surface area contributed by atoms with E-state index in [0.29, 0.717) is 6.61 Å². The minimum atomic E-state index is 0.221. The summed E-state index contributed by atoms with van der Waals surface area (Å²) in [5, 5.41) is 11.0. The molecule has 1 aromatic carbocycles. The summed E-state index contributed by atoms with van der Waals surface area (Å²) < 4.78 is 6.34. The highest BCUT2D eigenvalue weighted by Crippen LogP contribution is 2.33. The molecule has 1 aromatic heterocycles. The largest absolute Gasteiger partial charge is 0.506 e. The van der Waals surface area contributed by atoms with Crippen LogP contribution in [-0.2, 0) is 4.74 Å². The van der Waals surface area contributed by atoms with Crippen molar-refractivity contribution in [1.82, 2.24) is 4.98 Å². The van der Waals surface area contributed by atoms with Crippen molar-refractivity contribution in [2.45, 2.75) is 12.3 Å². The Morgan fingerprint density at radius 3 is 3.00 bits per heavy atom. The fraction of sp³-hybridized carbons (Fsp3) is 0.308. The summed E-state index contributed by atoms with van der Waals surface area (Å²) in [6.45, 7) is 1.41. The van der Waals surface area contributed by atoms with Gasteiger partial charge in [-0.1, -0.05) is 22.0 Å². The van der Waals surface area contributed by atoms with Crippen molar-refractivity contribution in [2.24, 2.45) is 0 Å². The van der Waals surface area contributed by atoms with Gasteiger partial charge >= 0.3 is 0 Å². The lowest BCUT2D eigenvalue weighted by molar-refractivity contribution is 0.193. The monoisotopic (exact) mass is 293 g/mol. The first-order valence-corrected chi connectivity index (χ1v) is 6.40. The van der Waals surface area contributed by atoms with Crippen molar-refractivity contribution in [3.63, 3.8) is 0 Å². The van der Waals surface area contributed by atoms with Gasteiger partial charge in [0.05, 0.1) is 17.8 Å². The minimum Gasteiger partial charge on any atom is -0.506 e. The number of rotatable bonds is 1. The molecule has 3 nitrogen and oxygen atoms in total. The van der Waals surface area contributed by atoms with Crippen molar-refractivity contribution in [3.8, 4) is 5.75 Å². The van der Waals surface area contributed by atoms with Crippen LogP contribution in [0.5, 0.6) is 5.75 Å². The third-order valence-corrected chi connectivity index (χ3v) is 3.60. The van der Waals surface area contributed by atoms with Gasteiger partial charge in [-0.2, -0.15) is 0 Å². The van der Waals surface area contributed by atoms with E-state index in [0.717, 1.165) is 34.1 Å². The quantitative estimate of drug-likeness (QED) is 0.878. The highest BCUT2D eigenvalue weighted by Gasteiger charge is 2.22. The molecule has 0 aliphatic carbocycles. The average molecular weight is 294 g/mol. The molecular formula is C13H12BrNO2. The van der Waals surface area contributed by atoms with E-state index >= 15 is 0 Å². The lowest BCUT2D eigenvalue weighted by atomic mass is 10.0. The number of halogens is 1. The molecule has 1 N–H and O–H groups in total. The number of hydrogen-bond acceptors (Lipinski definition) is 3. The highest BCUT2D eigenvalue weighted by molar-refractivity contribution is 9.10. The molecule has 1 fully saturated rings. The van der Waals surface area contributed by atoms with Crippen LogP contribution in [0.4, 0.5) is 0 Å². The van der Waals surface area contributed by atoms with Crippen molar-refractivity contribution in [1.29, 1.82) is 0 Å². The third kappa shape index (κ3) is 2.03. The Labute approximate surface area is 108 Å². The van der Waals surface area contributed by atoms with Crippen LogP contribution >= 0.6 is 15.9 Å². The second kappa shape index (κ2) is 4.27. The number of fused-ring (bicyclic) bond motifs is 1. The first-order chi connectivity index (χ1) is 8.24. The summed E-state index contributed by atoms with van der Waals surface area (Å²) in [4.78, 5) is 4.56. The van der Waals surface area contributed by atoms with Crippen LogP contribution in [0.3, 0.4) is 0 Å². The smallest absolute Gasteiger partial charge is 0.138 e. The fourth-order valence-electron chi connectivity index (χ4n) is 2.19. The van der Waals surface area contributed by atoms with Gasteiger partial charge < -0.3 is 9.84 Å². The topological polar surface area (TPSA) is 42.4 Å². The van der Waals surface area contributed by atoms with Crippen LogP contribution in [0.25, 0.3) is 10.9 Å². The van der Waals surface area contributed by atoms with Crippen molar-refractivity contribution >= 4 is 26.8 Å². The number of ether oxygens (including phenoxy) is 1. The molecule has 1 atom stereocenters. The maximum atomic E-state index is 10.0. The lowest BCUT2D eigenvalue weighted by Gasteiger charge is -2.10. The summed E-state index contributed by atoms with van der Waals surface area (Å²) in [6.07, 6.45) is 0.931. The van der Waals surface area contributed by atoms with Crippen LogP contribution in [0, 0.1) is 0 Å². The van der Waals surface area contributed by atoms with E-state index in [1.807, 2.05) is 18.2 Å². The Hall–Kier alpha value is -1.13. The third-order valence-electron chi connectivity index (χ3n) is 3.10. The second-order valence-electron chi connectivity index (χ2n) is 4.29. The van der Waals surface area contributed by atoms with Gasteiger partial charge in [0.1, 0.15) is 5.75 Å². The normalized spacial score (nSPS) is 19.9. The molecule has 4 heteroatoms. The molecule has 0 spiro atoms. The van der Waals surface area contributed by atoms with Gasteiger partial charge in [-0.25, -0.2) is 4.98 Å². The first-order valence-electron chi connectivity index (χ1n) is 5.61. The molecule has 0 radical (unpaired) electrons. The Kier molecular flexibility index (Phi) is 2.76. The second-order valence-corrected chi connectivity index (χ2v) is 5.21. The van der Waals surface area contributed by atoms with Gasteiger partial charge in [-0.05, 0) is 24.6 Å². The molecule has 0 saturated carbocycles. The SMILES string of the molecule is Oc1cc2ccc(Br)cc2nc1C1CCOC1. The van der Waals surface area contributed by atoms with E-state index < -0.39 is 0 Å². The van der Waals surface area contributed by atoms with Gasteiger partial charge in [0.15, 0.2) is 0 Å². The number of hydrogen-bond donors (Lipinski definition) is 1. The van der Waals surface area contributed by atoms with Crippen molar-refractivity contribution in [2.75, 3.05) is 13.2 Å². The summed E-state index contributed by atoms with van der Waals surface area (Å²) in [5.74, 6) is 0.494. The van der Waals surface area contributed by atoms with Gasteiger partial charge in [-0.15, -0.1) is 0 Å².